The van der Waals surface area contributed by atoms with Crippen molar-refractivity contribution in [1.29, 1.82) is 0 Å². The molecule has 14 heavy (non-hydrogen) atoms. The minimum atomic E-state index is -0.868. The van der Waals surface area contributed by atoms with E-state index in [1.165, 1.54) is 0 Å². The van der Waals surface area contributed by atoms with E-state index in [1.807, 2.05) is 0 Å². The van der Waals surface area contributed by atoms with Gasteiger partial charge in [-0.3, -0.25) is 9.59 Å². The SMILES string of the molecule is CC(=O)OCC(=O)OC(C)=O.[H-].[H-].[H-].[K+].[Na+].[Na+]. The molecule has 0 aliphatic heterocycles. The second-order valence-electron chi connectivity index (χ2n) is 1.75. The monoisotopic (exact) mass is 248 g/mol. The van der Waals surface area contributed by atoms with Gasteiger partial charge in [0, 0.05) is 13.8 Å². The summed E-state index contributed by atoms with van der Waals surface area (Å²) in [6.45, 7) is 1.72. The molecule has 0 saturated carbocycles. The van der Waals surface area contributed by atoms with Gasteiger partial charge in [0.2, 0.25) is 0 Å². The summed E-state index contributed by atoms with van der Waals surface area (Å²) in [6.07, 6.45) is 0. The summed E-state index contributed by atoms with van der Waals surface area (Å²) < 4.78 is 8.28. The van der Waals surface area contributed by atoms with Crippen LogP contribution in [0.2, 0.25) is 0 Å². The Kier molecular flexibility index (Phi) is 27.4. The normalized spacial score (nSPS) is 6.71. The Morgan fingerprint density at radius 1 is 1.07 bits per heavy atom. The zero-order valence-electron chi connectivity index (χ0n) is 12.2. The number of hydrogen-bond acceptors (Lipinski definition) is 5. The zero-order chi connectivity index (χ0) is 8.85. The number of rotatable bonds is 2. The quantitative estimate of drug-likeness (QED) is 0.276. The summed E-state index contributed by atoms with van der Waals surface area (Å²) in [5.74, 6) is -2.18. The van der Waals surface area contributed by atoms with Crippen LogP contribution in [-0.2, 0) is 23.9 Å². The molecule has 0 bridgehead atoms. The van der Waals surface area contributed by atoms with Crippen LogP contribution in [0.3, 0.4) is 0 Å². The van der Waals surface area contributed by atoms with E-state index in [0.717, 1.165) is 13.8 Å². The Morgan fingerprint density at radius 2 is 1.50 bits per heavy atom. The topological polar surface area (TPSA) is 69.7 Å². The van der Waals surface area contributed by atoms with E-state index < -0.39 is 24.5 Å². The van der Waals surface area contributed by atoms with Crippen molar-refractivity contribution in [3.8, 4) is 0 Å². The van der Waals surface area contributed by atoms with Gasteiger partial charge < -0.3 is 13.8 Å². The first kappa shape index (κ1) is 25.2. The van der Waals surface area contributed by atoms with Crippen LogP contribution in [0.5, 0.6) is 0 Å². The van der Waals surface area contributed by atoms with Gasteiger partial charge in [-0.2, -0.15) is 0 Å². The van der Waals surface area contributed by atoms with Crippen molar-refractivity contribution in [2.24, 2.45) is 0 Å². The average Bonchev–Trinajstić information content (AvgIpc) is 1.82. The fourth-order valence-electron chi connectivity index (χ4n) is 0.350. The summed E-state index contributed by atoms with van der Waals surface area (Å²) in [6, 6.07) is 0. The number of esters is 3. The maximum atomic E-state index is 10.4. The van der Waals surface area contributed by atoms with E-state index in [9.17, 15) is 14.4 Å². The Labute approximate surface area is 173 Å². The van der Waals surface area contributed by atoms with Crippen molar-refractivity contribution in [3.63, 3.8) is 0 Å². The predicted octanol–water partition coefficient (Wildman–Crippen LogP) is -9.01. The molecular weight excluding hydrogens is 237 g/mol. The Bertz CT molecular complexity index is 208. The van der Waals surface area contributed by atoms with Gasteiger partial charge in [-0.05, 0) is 0 Å². The third kappa shape index (κ3) is 19.8. The third-order valence-corrected chi connectivity index (χ3v) is 0.651. The van der Waals surface area contributed by atoms with E-state index in [-0.39, 0.29) is 115 Å². The first-order chi connectivity index (χ1) is 5.02. The van der Waals surface area contributed by atoms with E-state index in [4.69, 9.17) is 0 Å². The van der Waals surface area contributed by atoms with Crippen LogP contribution in [0.25, 0.3) is 0 Å². The van der Waals surface area contributed by atoms with E-state index in [2.05, 4.69) is 9.47 Å². The number of ether oxygens (including phenoxy) is 2. The molecule has 0 heterocycles. The Balaban J connectivity index is -0.0000000333. The molecule has 0 atom stereocenters. The second kappa shape index (κ2) is 15.2. The predicted molar refractivity (Wildman–Crippen MR) is 36.7 cm³/mol. The van der Waals surface area contributed by atoms with Crippen LogP contribution in [0.4, 0.5) is 0 Å². The molecule has 0 aromatic rings. The molecule has 8 heteroatoms. The number of carbonyl (C=O) groups is 3. The average molecular weight is 248 g/mol. The molecule has 0 fully saturated rings. The molecule has 0 amide bonds. The minimum Gasteiger partial charge on any atom is -1.00 e. The van der Waals surface area contributed by atoms with Crippen LogP contribution in [0, 0.1) is 0 Å². The van der Waals surface area contributed by atoms with Crippen molar-refractivity contribution >= 4 is 17.9 Å². The second-order valence-corrected chi connectivity index (χ2v) is 1.75. The van der Waals surface area contributed by atoms with Gasteiger partial charge in [0.1, 0.15) is 0 Å². The molecule has 0 radical (unpaired) electrons. The standard InChI is InChI=1S/C6H8O5.K.2Na.3H/c1-4(7)10-3-6(9)11-5(2)8;;;;;;/h3H2,1-2H3;;;;;;/q;3*+1;3*-1. The van der Waals surface area contributed by atoms with Gasteiger partial charge in [-0.25, -0.2) is 4.79 Å². The van der Waals surface area contributed by atoms with Crippen molar-refractivity contribution in [2.45, 2.75) is 13.8 Å². The Morgan fingerprint density at radius 3 is 1.79 bits per heavy atom. The van der Waals surface area contributed by atoms with Gasteiger partial charge in [-0.15, -0.1) is 0 Å². The summed E-state index contributed by atoms with van der Waals surface area (Å²) in [7, 11) is 0. The molecule has 0 spiro atoms. The molecule has 0 aliphatic rings. The molecule has 0 saturated heterocycles. The first-order valence-electron chi connectivity index (χ1n) is 2.87. The van der Waals surface area contributed by atoms with Crippen molar-refractivity contribution < 1.29 is 139 Å². The molecule has 5 nitrogen and oxygen atoms in total. The van der Waals surface area contributed by atoms with Crippen LogP contribution >= 0.6 is 0 Å². The number of carbonyl (C=O) groups excluding carboxylic acids is 3. The molecule has 0 N–H and O–H groups in total. The smallest absolute Gasteiger partial charge is 1.00 e. The maximum Gasteiger partial charge on any atom is 1.00 e. The van der Waals surface area contributed by atoms with Crippen molar-refractivity contribution in [2.75, 3.05) is 6.61 Å². The molecule has 0 aromatic heterocycles. The van der Waals surface area contributed by atoms with Crippen LogP contribution in [0.1, 0.15) is 18.1 Å². The molecule has 0 unspecified atom stereocenters. The first-order valence-corrected chi connectivity index (χ1v) is 2.87. The summed E-state index contributed by atoms with van der Waals surface area (Å²) >= 11 is 0. The summed E-state index contributed by atoms with van der Waals surface area (Å²) in [5.41, 5.74) is 0. The molecular formula is C6H11KNa2O5. The van der Waals surface area contributed by atoms with Gasteiger partial charge in [-0.1, -0.05) is 0 Å². The zero-order valence-corrected chi connectivity index (χ0v) is 16.4. The fourth-order valence-corrected chi connectivity index (χ4v) is 0.350. The maximum absolute atomic E-state index is 10.4. The van der Waals surface area contributed by atoms with E-state index in [0.29, 0.717) is 0 Å². The minimum absolute atomic E-state index is 0. The number of hydrogen-bond donors (Lipinski definition) is 0. The summed E-state index contributed by atoms with van der Waals surface area (Å²) in [5, 5.41) is 0. The van der Waals surface area contributed by atoms with Crippen molar-refractivity contribution in [1.82, 2.24) is 0 Å². The fraction of sp³-hybridized carbons (Fsp3) is 0.500. The Hall–Kier alpha value is 2.25. The molecule has 0 aromatic carbocycles. The van der Waals surface area contributed by atoms with E-state index >= 15 is 0 Å². The molecule has 68 valence electrons. The molecule has 0 aliphatic carbocycles. The van der Waals surface area contributed by atoms with Crippen LogP contribution in [0.15, 0.2) is 0 Å². The third-order valence-electron chi connectivity index (χ3n) is 0.651. The summed E-state index contributed by atoms with van der Waals surface area (Å²) in [4.78, 5) is 30.7. The molecule has 0 rings (SSSR count). The van der Waals surface area contributed by atoms with Gasteiger partial charge in [0.05, 0.1) is 0 Å². The van der Waals surface area contributed by atoms with Gasteiger partial charge in [0.25, 0.3) is 0 Å². The largest absolute Gasteiger partial charge is 1.00 e. The van der Waals surface area contributed by atoms with Crippen molar-refractivity contribution in [3.05, 3.63) is 0 Å². The van der Waals surface area contributed by atoms with Gasteiger partial charge >= 0.3 is 128 Å². The van der Waals surface area contributed by atoms with Crippen LogP contribution in [-0.4, -0.2) is 24.5 Å². The van der Waals surface area contributed by atoms with Gasteiger partial charge in [0.15, 0.2) is 6.61 Å². The van der Waals surface area contributed by atoms with Crippen LogP contribution < -0.4 is 110 Å². The van der Waals surface area contributed by atoms with E-state index in [1.54, 1.807) is 0 Å².